The average molecular weight is 328 g/mol. The predicted molar refractivity (Wildman–Crippen MR) is 78.1 cm³/mol. The maximum atomic E-state index is 13.4. The molecule has 0 aromatic heterocycles. The lowest BCUT2D eigenvalue weighted by molar-refractivity contribution is 0.618. The van der Waals surface area contributed by atoms with Gasteiger partial charge in [-0.1, -0.05) is 63.4 Å². The molecule has 1 atom stereocenters. The molecule has 0 saturated heterocycles. The van der Waals surface area contributed by atoms with Gasteiger partial charge < -0.3 is 0 Å². The summed E-state index contributed by atoms with van der Waals surface area (Å²) in [6.45, 7) is 3.78. The first-order valence-electron chi connectivity index (χ1n) is 5.65. The quantitative estimate of drug-likeness (QED) is 0.632. The fraction of sp³-hybridized carbons (Fsp3) is 0.200. The highest BCUT2D eigenvalue weighted by Crippen LogP contribution is 2.36. The van der Waals surface area contributed by atoms with Gasteiger partial charge >= 0.3 is 0 Å². The topological polar surface area (TPSA) is 0 Å². The van der Waals surface area contributed by atoms with Gasteiger partial charge in [-0.25, -0.2) is 4.39 Å². The molecule has 94 valence electrons. The number of rotatable bonds is 2. The second-order valence-electron chi connectivity index (χ2n) is 4.40. The summed E-state index contributed by atoms with van der Waals surface area (Å²) in [6, 6.07) is 11.3. The second-order valence-corrected chi connectivity index (χ2v) is 5.72. The molecule has 0 aliphatic carbocycles. The van der Waals surface area contributed by atoms with Crippen molar-refractivity contribution in [1.82, 2.24) is 0 Å². The number of halogens is 3. The zero-order chi connectivity index (χ0) is 13.3. The molecule has 0 aliphatic heterocycles. The summed E-state index contributed by atoms with van der Waals surface area (Å²) in [4.78, 5) is -0.0232. The normalized spacial score (nSPS) is 12.5. The summed E-state index contributed by atoms with van der Waals surface area (Å²) in [6.07, 6.45) is 0. The van der Waals surface area contributed by atoms with Crippen molar-refractivity contribution in [2.75, 3.05) is 0 Å². The van der Waals surface area contributed by atoms with Gasteiger partial charge in [0, 0.05) is 5.02 Å². The average Bonchev–Trinajstić information content (AvgIpc) is 2.34. The Hall–Kier alpha value is -0.860. The van der Waals surface area contributed by atoms with E-state index in [0.717, 1.165) is 11.1 Å². The molecule has 0 bridgehead atoms. The Morgan fingerprint density at radius 2 is 1.72 bits per heavy atom. The lowest BCUT2D eigenvalue weighted by atomic mass is 10.0. The van der Waals surface area contributed by atoms with E-state index in [4.69, 9.17) is 11.6 Å². The minimum atomic E-state index is -0.271. The van der Waals surface area contributed by atoms with E-state index < -0.39 is 0 Å². The van der Waals surface area contributed by atoms with Crippen molar-refractivity contribution in [3.05, 3.63) is 69.5 Å². The molecule has 1 unspecified atom stereocenters. The van der Waals surface area contributed by atoms with E-state index >= 15 is 0 Å². The van der Waals surface area contributed by atoms with Crippen LogP contribution in [0.25, 0.3) is 0 Å². The number of hydrogen-bond donors (Lipinski definition) is 0. The highest BCUT2D eigenvalue weighted by atomic mass is 79.9. The van der Waals surface area contributed by atoms with Crippen molar-refractivity contribution in [1.29, 1.82) is 0 Å². The van der Waals surface area contributed by atoms with Crippen molar-refractivity contribution in [3.63, 3.8) is 0 Å². The Bertz CT molecular complexity index is 563. The SMILES string of the molecule is Cc1ccc(C(Br)c2cc(C)c(F)cc2Cl)cc1. The molecule has 0 radical (unpaired) electrons. The van der Waals surface area contributed by atoms with Gasteiger partial charge in [-0.05, 0) is 36.6 Å². The van der Waals surface area contributed by atoms with Crippen LogP contribution in [0.15, 0.2) is 36.4 Å². The summed E-state index contributed by atoms with van der Waals surface area (Å²) in [5.74, 6) is -0.271. The van der Waals surface area contributed by atoms with E-state index in [1.165, 1.54) is 11.6 Å². The van der Waals surface area contributed by atoms with E-state index in [0.29, 0.717) is 10.6 Å². The van der Waals surface area contributed by atoms with Crippen LogP contribution in [0.5, 0.6) is 0 Å². The first-order valence-corrected chi connectivity index (χ1v) is 6.94. The van der Waals surface area contributed by atoms with Gasteiger partial charge in [0.15, 0.2) is 0 Å². The molecule has 0 aliphatic rings. The third kappa shape index (κ3) is 2.76. The smallest absolute Gasteiger partial charge is 0.127 e. The first kappa shape index (κ1) is 13.6. The Kier molecular flexibility index (Phi) is 4.08. The fourth-order valence-electron chi connectivity index (χ4n) is 1.79. The van der Waals surface area contributed by atoms with Gasteiger partial charge in [0.05, 0.1) is 4.83 Å². The van der Waals surface area contributed by atoms with Crippen LogP contribution in [0.4, 0.5) is 4.39 Å². The van der Waals surface area contributed by atoms with E-state index in [2.05, 4.69) is 15.9 Å². The highest BCUT2D eigenvalue weighted by molar-refractivity contribution is 9.09. The lowest BCUT2D eigenvalue weighted by Gasteiger charge is -2.14. The van der Waals surface area contributed by atoms with Gasteiger partial charge in [0.25, 0.3) is 0 Å². The molecule has 0 fully saturated rings. The maximum absolute atomic E-state index is 13.4. The molecule has 2 aromatic carbocycles. The molecular formula is C15H13BrClF. The van der Waals surface area contributed by atoms with Gasteiger partial charge in [-0.3, -0.25) is 0 Å². The molecule has 2 rings (SSSR count). The van der Waals surface area contributed by atoms with Gasteiger partial charge in [0.2, 0.25) is 0 Å². The van der Waals surface area contributed by atoms with Crippen LogP contribution in [0.3, 0.4) is 0 Å². The maximum Gasteiger partial charge on any atom is 0.127 e. The van der Waals surface area contributed by atoms with Crippen LogP contribution < -0.4 is 0 Å². The van der Waals surface area contributed by atoms with Gasteiger partial charge in [-0.15, -0.1) is 0 Å². The summed E-state index contributed by atoms with van der Waals surface area (Å²) in [7, 11) is 0. The fourth-order valence-corrected chi connectivity index (χ4v) is 2.86. The Morgan fingerprint density at radius 1 is 1.11 bits per heavy atom. The minimum Gasteiger partial charge on any atom is -0.207 e. The van der Waals surface area contributed by atoms with Crippen LogP contribution in [-0.4, -0.2) is 0 Å². The zero-order valence-electron chi connectivity index (χ0n) is 10.2. The molecule has 2 aromatic rings. The molecule has 0 spiro atoms. The van der Waals surface area contributed by atoms with Crippen molar-refractivity contribution in [3.8, 4) is 0 Å². The van der Waals surface area contributed by atoms with Crippen molar-refractivity contribution in [2.45, 2.75) is 18.7 Å². The minimum absolute atomic E-state index is 0.0232. The number of benzene rings is 2. The van der Waals surface area contributed by atoms with E-state index in [1.54, 1.807) is 13.0 Å². The molecule has 18 heavy (non-hydrogen) atoms. The Morgan fingerprint density at radius 3 is 2.33 bits per heavy atom. The van der Waals surface area contributed by atoms with Crippen LogP contribution in [0.2, 0.25) is 5.02 Å². The van der Waals surface area contributed by atoms with Crippen molar-refractivity contribution in [2.24, 2.45) is 0 Å². The molecule has 0 amide bonds. The highest BCUT2D eigenvalue weighted by Gasteiger charge is 2.15. The molecule has 0 N–H and O–H groups in total. The van der Waals surface area contributed by atoms with Crippen LogP contribution in [0, 0.1) is 19.7 Å². The van der Waals surface area contributed by atoms with Crippen molar-refractivity contribution >= 4 is 27.5 Å². The predicted octanol–water partition coefficient (Wildman–Crippen LogP) is 5.58. The van der Waals surface area contributed by atoms with Gasteiger partial charge in [0.1, 0.15) is 5.82 Å². The number of aryl methyl sites for hydroxylation is 2. The Labute approximate surface area is 120 Å². The van der Waals surface area contributed by atoms with Crippen LogP contribution >= 0.6 is 27.5 Å². The summed E-state index contributed by atoms with van der Waals surface area (Å²) >= 11 is 9.73. The number of hydrogen-bond acceptors (Lipinski definition) is 0. The van der Waals surface area contributed by atoms with Gasteiger partial charge in [-0.2, -0.15) is 0 Å². The third-order valence-electron chi connectivity index (χ3n) is 2.92. The van der Waals surface area contributed by atoms with Crippen molar-refractivity contribution < 1.29 is 4.39 Å². The zero-order valence-corrected chi connectivity index (χ0v) is 12.5. The molecule has 0 nitrogen and oxygen atoms in total. The largest absolute Gasteiger partial charge is 0.207 e. The molecule has 3 heteroatoms. The third-order valence-corrected chi connectivity index (χ3v) is 4.27. The Balaban J connectivity index is 2.42. The van der Waals surface area contributed by atoms with E-state index in [-0.39, 0.29) is 10.6 Å². The first-order chi connectivity index (χ1) is 8.49. The monoisotopic (exact) mass is 326 g/mol. The van der Waals surface area contributed by atoms with Crippen LogP contribution in [-0.2, 0) is 0 Å². The summed E-state index contributed by atoms with van der Waals surface area (Å²) in [5, 5.41) is 0.445. The number of alkyl halides is 1. The summed E-state index contributed by atoms with van der Waals surface area (Å²) < 4.78 is 13.4. The second kappa shape index (κ2) is 5.41. The molecular weight excluding hydrogens is 315 g/mol. The van der Waals surface area contributed by atoms with E-state index in [1.807, 2.05) is 31.2 Å². The van der Waals surface area contributed by atoms with E-state index in [9.17, 15) is 4.39 Å². The summed E-state index contributed by atoms with van der Waals surface area (Å²) in [5.41, 5.74) is 3.80. The molecule has 0 saturated carbocycles. The standard InChI is InChI=1S/C15H13BrClF/c1-9-3-5-11(6-4-9)15(16)12-7-10(2)14(18)8-13(12)17/h3-8,15H,1-2H3. The lowest BCUT2D eigenvalue weighted by Crippen LogP contribution is -1.96. The van der Waals surface area contributed by atoms with Crippen LogP contribution in [0.1, 0.15) is 27.1 Å². The molecule has 0 heterocycles.